The molecule has 1 rings (SSSR count). The zero-order chi connectivity index (χ0) is 9.30. The molecule has 0 saturated heterocycles. The quantitative estimate of drug-likeness (QED) is 0.481. The normalized spacial score (nSPS) is 9.83. The van der Waals surface area contributed by atoms with Crippen LogP contribution in [0.4, 0.5) is 5.69 Å². The van der Waals surface area contributed by atoms with Gasteiger partial charge in [0.05, 0.1) is 8.49 Å². The van der Waals surface area contributed by atoms with Crippen LogP contribution in [0.3, 0.4) is 0 Å². The molecule has 0 aliphatic heterocycles. The zero-order valence-electron chi connectivity index (χ0n) is 6.11. The lowest BCUT2D eigenvalue weighted by molar-refractivity contribution is -0.385. The highest BCUT2D eigenvalue weighted by atomic mass is 127. The van der Waals surface area contributed by atoms with Crippen LogP contribution < -0.4 is 0 Å². The molecule has 6 heteroatoms. The number of nitro groups is 1. The van der Waals surface area contributed by atoms with Crippen molar-refractivity contribution in [2.45, 2.75) is 6.92 Å². The fourth-order valence-corrected chi connectivity index (χ4v) is 1.16. The maximum Gasteiger partial charge on any atom is 0.291 e. The summed E-state index contributed by atoms with van der Waals surface area (Å²) < 4.78 is 0.380. The molecule has 0 aromatic carbocycles. The van der Waals surface area contributed by atoms with Crippen molar-refractivity contribution >= 4 is 28.3 Å². The molecule has 12 heavy (non-hydrogen) atoms. The van der Waals surface area contributed by atoms with E-state index in [9.17, 15) is 10.1 Å². The number of nitrogens with zero attached hydrogens (tertiary/aromatic N) is 2. The Morgan fingerprint density at radius 2 is 2.33 bits per heavy atom. The first-order valence-corrected chi connectivity index (χ1v) is 4.10. The van der Waals surface area contributed by atoms with E-state index >= 15 is 0 Å². The predicted molar refractivity (Wildman–Crippen MR) is 50.0 cm³/mol. The van der Waals surface area contributed by atoms with E-state index < -0.39 is 4.92 Å². The average molecular weight is 280 g/mol. The Hall–Kier alpha value is -0.920. The minimum absolute atomic E-state index is 0.0720. The number of hydrogen-bond donors (Lipinski definition) is 1. The van der Waals surface area contributed by atoms with E-state index in [2.05, 4.69) is 4.98 Å². The van der Waals surface area contributed by atoms with Gasteiger partial charge in [0.2, 0.25) is 5.88 Å². The van der Waals surface area contributed by atoms with Crippen LogP contribution >= 0.6 is 22.6 Å². The van der Waals surface area contributed by atoms with Gasteiger partial charge in [0.25, 0.3) is 5.69 Å². The van der Waals surface area contributed by atoms with Crippen molar-refractivity contribution in [1.82, 2.24) is 4.98 Å². The first-order chi connectivity index (χ1) is 5.52. The second kappa shape index (κ2) is 3.21. The molecule has 1 aromatic heterocycles. The summed E-state index contributed by atoms with van der Waals surface area (Å²) in [7, 11) is 0. The predicted octanol–water partition coefficient (Wildman–Crippen LogP) is 1.61. The first kappa shape index (κ1) is 9.17. The van der Waals surface area contributed by atoms with Crippen LogP contribution in [0, 0.1) is 20.6 Å². The standard InChI is InChI=1S/C6H5IN2O3/c1-3-5(9(11)12)2-4(7)6(10)8-3/h2H,1H3,(H,8,10). The van der Waals surface area contributed by atoms with Crippen LogP contribution in [0.2, 0.25) is 0 Å². The van der Waals surface area contributed by atoms with Crippen molar-refractivity contribution in [3.63, 3.8) is 0 Å². The van der Waals surface area contributed by atoms with Crippen molar-refractivity contribution in [3.8, 4) is 5.88 Å². The third-order valence-corrected chi connectivity index (χ3v) is 2.11. The Morgan fingerprint density at radius 1 is 1.75 bits per heavy atom. The number of pyridine rings is 1. The van der Waals surface area contributed by atoms with Crippen molar-refractivity contribution in [3.05, 3.63) is 25.4 Å². The number of hydrogen-bond acceptors (Lipinski definition) is 4. The SMILES string of the molecule is Cc1nc(O)c(I)cc1[N+](=O)[O-]. The molecule has 0 radical (unpaired) electrons. The van der Waals surface area contributed by atoms with Gasteiger partial charge in [-0.05, 0) is 29.5 Å². The highest BCUT2D eigenvalue weighted by Gasteiger charge is 2.14. The highest BCUT2D eigenvalue weighted by molar-refractivity contribution is 14.1. The van der Waals surface area contributed by atoms with Gasteiger partial charge in [-0.15, -0.1) is 0 Å². The monoisotopic (exact) mass is 280 g/mol. The lowest BCUT2D eigenvalue weighted by Crippen LogP contribution is -1.95. The van der Waals surface area contributed by atoms with E-state index in [1.807, 2.05) is 0 Å². The van der Waals surface area contributed by atoms with Crippen LogP contribution in [0.1, 0.15) is 5.69 Å². The summed E-state index contributed by atoms with van der Waals surface area (Å²) in [6, 6.07) is 1.29. The maximum atomic E-state index is 10.4. The van der Waals surface area contributed by atoms with Gasteiger partial charge in [-0.25, -0.2) is 4.98 Å². The molecule has 0 saturated carbocycles. The minimum atomic E-state index is -0.524. The Labute approximate surface area is 81.7 Å². The number of aryl methyl sites for hydroxylation is 1. The molecule has 0 bridgehead atoms. The van der Waals surface area contributed by atoms with E-state index in [1.165, 1.54) is 13.0 Å². The van der Waals surface area contributed by atoms with Gasteiger partial charge in [-0.1, -0.05) is 0 Å². The van der Waals surface area contributed by atoms with Gasteiger partial charge in [-0.3, -0.25) is 10.1 Å². The first-order valence-electron chi connectivity index (χ1n) is 3.03. The van der Waals surface area contributed by atoms with E-state index in [1.54, 1.807) is 22.6 Å². The molecule has 0 atom stereocenters. The summed E-state index contributed by atoms with van der Waals surface area (Å²) in [5.74, 6) is -0.168. The minimum Gasteiger partial charge on any atom is -0.493 e. The fraction of sp³-hybridized carbons (Fsp3) is 0.167. The molecule has 64 valence electrons. The van der Waals surface area contributed by atoms with Crippen LogP contribution in [0.15, 0.2) is 6.07 Å². The number of aromatic hydroxyl groups is 1. The van der Waals surface area contributed by atoms with Crippen LogP contribution in [0.5, 0.6) is 5.88 Å². The summed E-state index contributed by atoms with van der Waals surface area (Å²) in [6.45, 7) is 1.48. The summed E-state index contributed by atoms with van der Waals surface area (Å²) >= 11 is 1.78. The van der Waals surface area contributed by atoms with Crippen molar-refractivity contribution in [1.29, 1.82) is 0 Å². The largest absolute Gasteiger partial charge is 0.493 e. The van der Waals surface area contributed by atoms with Gasteiger partial charge >= 0.3 is 0 Å². The summed E-state index contributed by atoms with van der Waals surface area (Å²) in [4.78, 5) is 13.4. The molecule has 0 aliphatic rings. The second-order valence-electron chi connectivity index (χ2n) is 2.16. The van der Waals surface area contributed by atoms with E-state index in [4.69, 9.17) is 5.11 Å². The average Bonchev–Trinajstić information content (AvgIpc) is 1.96. The van der Waals surface area contributed by atoms with Gasteiger partial charge in [-0.2, -0.15) is 0 Å². The Balaban J connectivity index is 3.33. The molecule has 0 fully saturated rings. The van der Waals surface area contributed by atoms with E-state index in [0.29, 0.717) is 3.57 Å². The Bertz CT molecular complexity index is 340. The molecule has 0 unspecified atom stereocenters. The molecular weight excluding hydrogens is 275 g/mol. The van der Waals surface area contributed by atoms with Crippen molar-refractivity contribution in [2.75, 3.05) is 0 Å². The molecule has 1 N–H and O–H groups in total. The van der Waals surface area contributed by atoms with E-state index in [-0.39, 0.29) is 17.3 Å². The molecule has 0 aliphatic carbocycles. The highest BCUT2D eigenvalue weighted by Crippen LogP contribution is 2.24. The van der Waals surface area contributed by atoms with Crippen LogP contribution in [-0.4, -0.2) is 15.0 Å². The smallest absolute Gasteiger partial charge is 0.291 e. The van der Waals surface area contributed by atoms with Gasteiger partial charge in [0.1, 0.15) is 5.69 Å². The van der Waals surface area contributed by atoms with Gasteiger partial charge < -0.3 is 5.11 Å². The fourth-order valence-electron chi connectivity index (χ4n) is 0.743. The molecular formula is C6H5IN2O3. The summed E-state index contributed by atoms with van der Waals surface area (Å²) in [5.41, 5.74) is 0.148. The number of halogens is 1. The molecule has 0 amide bonds. The zero-order valence-corrected chi connectivity index (χ0v) is 8.27. The van der Waals surface area contributed by atoms with Crippen LogP contribution in [0.25, 0.3) is 0 Å². The topological polar surface area (TPSA) is 76.3 Å². The molecule has 1 heterocycles. The van der Waals surface area contributed by atoms with Crippen molar-refractivity contribution < 1.29 is 10.0 Å². The van der Waals surface area contributed by atoms with Crippen LogP contribution in [-0.2, 0) is 0 Å². The Morgan fingerprint density at radius 3 is 2.83 bits per heavy atom. The molecule has 5 nitrogen and oxygen atoms in total. The summed E-state index contributed by atoms with van der Waals surface area (Å²) in [5, 5.41) is 19.4. The molecule has 0 spiro atoms. The van der Waals surface area contributed by atoms with E-state index in [0.717, 1.165) is 0 Å². The number of rotatable bonds is 1. The maximum absolute atomic E-state index is 10.4. The lowest BCUT2D eigenvalue weighted by Gasteiger charge is -1.98. The third-order valence-electron chi connectivity index (χ3n) is 1.32. The third kappa shape index (κ3) is 1.63. The van der Waals surface area contributed by atoms with Gasteiger partial charge in [0, 0.05) is 6.07 Å². The Kier molecular flexibility index (Phi) is 2.46. The number of aromatic nitrogens is 1. The van der Waals surface area contributed by atoms with Gasteiger partial charge in [0.15, 0.2) is 0 Å². The second-order valence-corrected chi connectivity index (χ2v) is 3.32. The lowest BCUT2D eigenvalue weighted by atomic mass is 10.3. The molecule has 1 aromatic rings. The summed E-state index contributed by atoms with van der Waals surface area (Å²) in [6.07, 6.45) is 0. The van der Waals surface area contributed by atoms with Crippen molar-refractivity contribution in [2.24, 2.45) is 0 Å².